The highest BCUT2D eigenvalue weighted by atomic mass is 35.5. The molecule has 0 aliphatic heterocycles. The topological polar surface area (TPSA) is 54.7 Å². The van der Waals surface area contributed by atoms with E-state index in [2.05, 4.69) is 10.2 Å². The zero-order valence-electron chi connectivity index (χ0n) is 6.79. The largest absolute Gasteiger partial charge is 0.381 e. The Kier molecular flexibility index (Phi) is 1.94. The highest BCUT2D eigenvalue weighted by molar-refractivity contribution is 6.35. The van der Waals surface area contributed by atoms with Crippen molar-refractivity contribution in [2.45, 2.75) is 0 Å². The van der Waals surface area contributed by atoms with Crippen LogP contribution < -0.4 is 5.73 Å². The summed E-state index contributed by atoms with van der Waals surface area (Å²) in [6, 6.07) is 9.69. The zero-order chi connectivity index (χ0) is 9.26. The number of nitrogen functional groups attached to an aromatic ring is 1. The summed E-state index contributed by atoms with van der Waals surface area (Å²) < 4.78 is 0. The van der Waals surface area contributed by atoms with E-state index in [1.165, 1.54) is 0 Å². The average molecular weight is 194 g/mol. The number of H-pyrrole nitrogens is 1. The van der Waals surface area contributed by atoms with Gasteiger partial charge in [0.1, 0.15) is 5.02 Å². The molecule has 2 aromatic rings. The number of hydrogen-bond donors (Lipinski definition) is 2. The van der Waals surface area contributed by atoms with Crippen molar-refractivity contribution in [2.24, 2.45) is 0 Å². The fourth-order valence-corrected chi connectivity index (χ4v) is 1.33. The zero-order valence-corrected chi connectivity index (χ0v) is 7.55. The molecule has 2 rings (SSSR count). The monoisotopic (exact) mass is 193 g/mol. The summed E-state index contributed by atoms with van der Waals surface area (Å²) in [7, 11) is 0. The minimum Gasteiger partial charge on any atom is -0.381 e. The Morgan fingerprint density at radius 3 is 2.46 bits per heavy atom. The fourth-order valence-electron chi connectivity index (χ4n) is 1.14. The van der Waals surface area contributed by atoms with Gasteiger partial charge in [0.05, 0.1) is 5.69 Å². The summed E-state index contributed by atoms with van der Waals surface area (Å²) >= 11 is 5.92. The molecule has 0 saturated carbocycles. The summed E-state index contributed by atoms with van der Waals surface area (Å²) in [5.41, 5.74) is 7.25. The van der Waals surface area contributed by atoms with Gasteiger partial charge in [-0.05, 0) is 0 Å². The predicted molar refractivity (Wildman–Crippen MR) is 53.4 cm³/mol. The van der Waals surface area contributed by atoms with Gasteiger partial charge in [-0.1, -0.05) is 41.9 Å². The first-order valence-corrected chi connectivity index (χ1v) is 4.21. The Morgan fingerprint density at radius 1 is 1.23 bits per heavy atom. The van der Waals surface area contributed by atoms with Crippen LogP contribution in [0, 0.1) is 0 Å². The SMILES string of the molecule is Nc1n[nH]c(-c2ccccc2)c1Cl. The quantitative estimate of drug-likeness (QED) is 0.730. The number of halogens is 1. The molecule has 0 radical (unpaired) electrons. The summed E-state index contributed by atoms with van der Waals surface area (Å²) in [5.74, 6) is 0.334. The molecule has 0 aliphatic rings. The van der Waals surface area contributed by atoms with Crippen LogP contribution in [0.2, 0.25) is 5.02 Å². The second-order valence-corrected chi connectivity index (χ2v) is 3.04. The van der Waals surface area contributed by atoms with Crippen molar-refractivity contribution in [2.75, 3.05) is 5.73 Å². The van der Waals surface area contributed by atoms with Gasteiger partial charge >= 0.3 is 0 Å². The van der Waals surface area contributed by atoms with E-state index >= 15 is 0 Å². The van der Waals surface area contributed by atoms with E-state index in [9.17, 15) is 0 Å². The van der Waals surface area contributed by atoms with Crippen LogP contribution in [0.5, 0.6) is 0 Å². The first-order chi connectivity index (χ1) is 6.29. The molecule has 66 valence electrons. The maximum Gasteiger partial charge on any atom is 0.164 e. The normalized spacial score (nSPS) is 10.2. The van der Waals surface area contributed by atoms with Crippen molar-refractivity contribution >= 4 is 17.4 Å². The summed E-state index contributed by atoms with van der Waals surface area (Å²) in [4.78, 5) is 0. The molecule has 1 aromatic heterocycles. The molecule has 0 amide bonds. The van der Waals surface area contributed by atoms with Crippen LogP contribution in [-0.4, -0.2) is 10.2 Å². The Labute approximate surface area is 80.5 Å². The van der Waals surface area contributed by atoms with Gasteiger partial charge in [0.15, 0.2) is 5.82 Å². The number of benzene rings is 1. The maximum absolute atomic E-state index is 5.92. The van der Waals surface area contributed by atoms with E-state index in [4.69, 9.17) is 17.3 Å². The van der Waals surface area contributed by atoms with E-state index in [0.717, 1.165) is 11.3 Å². The van der Waals surface area contributed by atoms with E-state index in [1.807, 2.05) is 30.3 Å². The standard InChI is InChI=1S/C9H8ClN3/c10-7-8(12-13-9(7)11)6-4-2-1-3-5-6/h1-5H,(H3,11,12,13). The van der Waals surface area contributed by atoms with Crippen molar-refractivity contribution in [1.29, 1.82) is 0 Å². The lowest BCUT2D eigenvalue weighted by molar-refractivity contribution is 1.10. The summed E-state index contributed by atoms with van der Waals surface area (Å²) in [6.45, 7) is 0. The highest BCUT2D eigenvalue weighted by Crippen LogP contribution is 2.28. The van der Waals surface area contributed by atoms with Crippen LogP contribution in [0.15, 0.2) is 30.3 Å². The van der Waals surface area contributed by atoms with Crippen molar-refractivity contribution in [1.82, 2.24) is 10.2 Å². The van der Waals surface area contributed by atoms with Crippen LogP contribution in [0.4, 0.5) is 5.82 Å². The van der Waals surface area contributed by atoms with Gasteiger partial charge in [0.2, 0.25) is 0 Å². The lowest BCUT2D eigenvalue weighted by Gasteiger charge is -1.96. The Balaban J connectivity index is 2.53. The summed E-state index contributed by atoms with van der Waals surface area (Å²) in [5, 5.41) is 7.07. The second-order valence-electron chi connectivity index (χ2n) is 2.66. The number of aromatic nitrogens is 2. The molecule has 3 N–H and O–H groups in total. The molecule has 3 nitrogen and oxygen atoms in total. The van der Waals surface area contributed by atoms with Gasteiger partial charge in [0, 0.05) is 5.56 Å². The van der Waals surface area contributed by atoms with Crippen LogP contribution >= 0.6 is 11.6 Å². The molecule has 0 fully saturated rings. The number of nitrogens with zero attached hydrogens (tertiary/aromatic N) is 1. The molecular formula is C9H8ClN3. The molecular weight excluding hydrogens is 186 g/mol. The van der Waals surface area contributed by atoms with Gasteiger partial charge < -0.3 is 5.73 Å². The van der Waals surface area contributed by atoms with Gasteiger partial charge in [-0.25, -0.2) is 0 Å². The lowest BCUT2D eigenvalue weighted by Crippen LogP contribution is -1.83. The van der Waals surface area contributed by atoms with E-state index in [1.54, 1.807) is 0 Å². The van der Waals surface area contributed by atoms with E-state index < -0.39 is 0 Å². The Hall–Kier alpha value is -1.48. The molecule has 1 aromatic carbocycles. The molecule has 0 atom stereocenters. The first-order valence-electron chi connectivity index (χ1n) is 3.84. The van der Waals surface area contributed by atoms with Crippen LogP contribution in [-0.2, 0) is 0 Å². The van der Waals surface area contributed by atoms with Gasteiger partial charge in [-0.2, -0.15) is 5.10 Å². The highest BCUT2D eigenvalue weighted by Gasteiger charge is 2.08. The van der Waals surface area contributed by atoms with Crippen LogP contribution in [0.1, 0.15) is 0 Å². The second kappa shape index (κ2) is 3.11. The maximum atomic E-state index is 5.92. The number of nitrogens with one attached hydrogen (secondary N) is 1. The minimum absolute atomic E-state index is 0.334. The number of aromatic amines is 1. The van der Waals surface area contributed by atoms with Crippen molar-refractivity contribution in [3.8, 4) is 11.3 Å². The molecule has 1 heterocycles. The fraction of sp³-hybridized carbons (Fsp3) is 0. The van der Waals surface area contributed by atoms with Crippen molar-refractivity contribution < 1.29 is 0 Å². The molecule has 0 unspecified atom stereocenters. The molecule has 0 spiro atoms. The van der Waals surface area contributed by atoms with Crippen molar-refractivity contribution in [3.05, 3.63) is 35.4 Å². The van der Waals surface area contributed by atoms with Crippen molar-refractivity contribution in [3.63, 3.8) is 0 Å². The third-order valence-corrected chi connectivity index (χ3v) is 2.18. The average Bonchev–Trinajstić information content (AvgIpc) is 2.49. The number of hydrogen-bond acceptors (Lipinski definition) is 2. The predicted octanol–water partition coefficient (Wildman–Crippen LogP) is 2.31. The summed E-state index contributed by atoms with van der Waals surface area (Å²) in [6.07, 6.45) is 0. The van der Waals surface area contributed by atoms with E-state index in [-0.39, 0.29) is 0 Å². The Morgan fingerprint density at radius 2 is 1.92 bits per heavy atom. The Bertz CT molecular complexity index is 408. The number of rotatable bonds is 1. The third kappa shape index (κ3) is 1.38. The lowest BCUT2D eigenvalue weighted by atomic mass is 10.1. The van der Waals surface area contributed by atoms with Crippen LogP contribution in [0.3, 0.4) is 0 Å². The van der Waals surface area contributed by atoms with E-state index in [0.29, 0.717) is 10.8 Å². The minimum atomic E-state index is 0.334. The number of anilines is 1. The third-order valence-electron chi connectivity index (χ3n) is 1.79. The molecule has 0 aliphatic carbocycles. The van der Waals surface area contributed by atoms with Gasteiger partial charge in [-0.3, -0.25) is 5.10 Å². The smallest absolute Gasteiger partial charge is 0.164 e. The first kappa shape index (κ1) is 8.13. The molecule has 0 bridgehead atoms. The molecule has 4 heteroatoms. The van der Waals surface area contributed by atoms with Gasteiger partial charge in [-0.15, -0.1) is 0 Å². The van der Waals surface area contributed by atoms with Crippen LogP contribution in [0.25, 0.3) is 11.3 Å². The number of nitrogens with two attached hydrogens (primary N) is 1. The van der Waals surface area contributed by atoms with Gasteiger partial charge in [0.25, 0.3) is 0 Å². The molecule has 0 saturated heterocycles. The molecule has 13 heavy (non-hydrogen) atoms.